The predicted octanol–water partition coefficient (Wildman–Crippen LogP) is 1.96. The SMILES string of the molecule is Cc1ccnc(NC(C)CC(C)O)c1. The normalized spacial score (nSPS) is 14.9. The van der Waals surface area contributed by atoms with Crippen LogP contribution in [0.15, 0.2) is 18.3 Å². The van der Waals surface area contributed by atoms with Gasteiger partial charge in [-0.2, -0.15) is 0 Å². The van der Waals surface area contributed by atoms with E-state index in [1.807, 2.05) is 26.0 Å². The number of hydrogen-bond donors (Lipinski definition) is 2. The maximum Gasteiger partial charge on any atom is 0.126 e. The summed E-state index contributed by atoms with van der Waals surface area (Å²) in [6.07, 6.45) is 2.24. The molecule has 2 N–H and O–H groups in total. The van der Waals surface area contributed by atoms with Crippen molar-refractivity contribution >= 4 is 5.82 Å². The summed E-state index contributed by atoms with van der Waals surface area (Å²) in [5.41, 5.74) is 1.19. The molecule has 0 saturated heterocycles. The van der Waals surface area contributed by atoms with Gasteiger partial charge < -0.3 is 10.4 Å². The Morgan fingerprint density at radius 2 is 2.21 bits per heavy atom. The summed E-state index contributed by atoms with van der Waals surface area (Å²) in [4.78, 5) is 4.19. The quantitative estimate of drug-likeness (QED) is 0.770. The molecule has 1 aromatic heterocycles. The Kier molecular flexibility index (Phi) is 3.89. The first kappa shape index (κ1) is 11.0. The number of nitrogens with one attached hydrogen (secondary N) is 1. The predicted molar refractivity (Wildman–Crippen MR) is 58.4 cm³/mol. The molecule has 1 rings (SSSR count). The smallest absolute Gasteiger partial charge is 0.126 e. The fourth-order valence-electron chi connectivity index (χ4n) is 1.44. The van der Waals surface area contributed by atoms with Crippen LogP contribution < -0.4 is 5.32 Å². The number of aryl methyl sites for hydroxylation is 1. The third-order valence-corrected chi connectivity index (χ3v) is 2.00. The molecule has 0 bridgehead atoms. The second-order valence-electron chi connectivity index (χ2n) is 3.85. The fourth-order valence-corrected chi connectivity index (χ4v) is 1.44. The van der Waals surface area contributed by atoms with Crippen LogP contribution in [0.3, 0.4) is 0 Å². The minimum Gasteiger partial charge on any atom is -0.393 e. The highest BCUT2D eigenvalue weighted by atomic mass is 16.3. The van der Waals surface area contributed by atoms with Crippen molar-refractivity contribution in [1.82, 2.24) is 4.98 Å². The lowest BCUT2D eigenvalue weighted by atomic mass is 10.1. The zero-order chi connectivity index (χ0) is 10.6. The number of pyridine rings is 1. The first-order chi connectivity index (χ1) is 6.58. The minimum absolute atomic E-state index is 0.240. The summed E-state index contributed by atoms with van der Waals surface area (Å²) >= 11 is 0. The number of anilines is 1. The third kappa shape index (κ3) is 3.75. The van der Waals surface area contributed by atoms with Crippen LogP contribution in [0, 0.1) is 6.92 Å². The summed E-state index contributed by atoms with van der Waals surface area (Å²) < 4.78 is 0. The zero-order valence-corrected chi connectivity index (χ0v) is 8.99. The topological polar surface area (TPSA) is 45.2 Å². The van der Waals surface area contributed by atoms with Crippen molar-refractivity contribution in [3.8, 4) is 0 Å². The Morgan fingerprint density at radius 1 is 1.50 bits per heavy atom. The molecule has 0 saturated carbocycles. The molecule has 0 amide bonds. The molecule has 1 aromatic rings. The van der Waals surface area contributed by atoms with Crippen molar-refractivity contribution in [2.75, 3.05) is 5.32 Å². The number of aliphatic hydroxyl groups excluding tert-OH is 1. The highest BCUT2D eigenvalue weighted by molar-refractivity contribution is 5.37. The highest BCUT2D eigenvalue weighted by Crippen LogP contribution is 2.09. The molecule has 0 fully saturated rings. The van der Waals surface area contributed by atoms with Crippen LogP contribution in [-0.4, -0.2) is 22.2 Å². The number of rotatable bonds is 4. The van der Waals surface area contributed by atoms with Gasteiger partial charge in [-0.1, -0.05) is 0 Å². The highest BCUT2D eigenvalue weighted by Gasteiger charge is 2.05. The maximum absolute atomic E-state index is 9.19. The van der Waals surface area contributed by atoms with Crippen LogP contribution >= 0.6 is 0 Å². The van der Waals surface area contributed by atoms with Crippen LogP contribution in [0.2, 0.25) is 0 Å². The first-order valence-corrected chi connectivity index (χ1v) is 4.95. The van der Waals surface area contributed by atoms with Crippen LogP contribution in [-0.2, 0) is 0 Å². The summed E-state index contributed by atoms with van der Waals surface area (Å²) in [7, 11) is 0. The Hall–Kier alpha value is -1.09. The molecule has 0 aliphatic carbocycles. The number of aromatic nitrogens is 1. The van der Waals surface area contributed by atoms with E-state index in [0.717, 1.165) is 12.2 Å². The van der Waals surface area contributed by atoms with Crippen LogP contribution in [0.1, 0.15) is 25.8 Å². The molecule has 0 aromatic carbocycles. The summed E-state index contributed by atoms with van der Waals surface area (Å²) in [6, 6.07) is 4.20. The van der Waals surface area contributed by atoms with Gasteiger partial charge in [0.15, 0.2) is 0 Å². The standard InChI is InChI=1S/C11H18N2O/c1-8-4-5-12-11(6-8)13-9(2)7-10(3)14/h4-6,9-10,14H,7H2,1-3H3,(H,12,13). The monoisotopic (exact) mass is 194 g/mol. The van der Waals surface area contributed by atoms with E-state index in [1.165, 1.54) is 5.56 Å². The van der Waals surface area contributed by atoms with E-state index in [1.54, 1.807) is 13.1 Å². The maximum atomic E-state index is 9.19. The Labute approximate surface area is 85.2 Å². The molecule has 0 aliphatic heterocycles. The van der Waals surface area contributed by atoms with Gasteiger partial charge in [-0.05, 0) is 44.9 Å². The number of aliphatic hydroxyl groups is 1. The lowest BCUT2D eigenvalue weighted by Crippen LogP contribution is -2.21. The third-order valence-electron chi connectivity index (χ3n) is 2.00. The Bertz CT molecular complexity index is 286. The van der Waals surface area contributed by atoms with Gasteiger partial charge in [-0.3, -0.25) is 0 Å². The van der Waals surface area contributed by atoms with E-state index < -0.39 is 0 Å². The van der Waals surface area contributed by atoms with E-state index in [9.17, 15) is 5.11 Å². The molecule has 3 nitrogen and oxygen atoms in total. The Morgan fingerprint density at radius 3 is 2.79 bits per heavy atom. The van der Waals surface area contributed by atoms with E-state index in [-0.39, 0.29) is 12.1 Å². The second kappa shape index (κ2) is 4.96. The van der Waals surface area contributed by atoms with Gasteiger partial charge in [0, 0.05) is 12.2 Å². The van der Waals surface area contributed by atoms with Gasteiger partial charge in [0.05, 0.1) is 6.10 Å². The summed E-state index contributed by atoms with van der Waals surface area (Å²) in [5.74, 6) is 0.873. The average molecular weight is 194 g/mol. The molecule has 2 unspecified atom stereocenters. The van der Waals surface area contributed by atoms with Crippen LogP contribution in [0.25, 0.3) is 0 Å². The number of nitrogens with zero attached hydrogens (tertiary/aromatic N) is 1. The fraction of sp³-hybridized carbons (Fsp3) is 0.545. The molecule has 0 radical (unpaired) electrons. The number of hydrogen-bond acceptors (Lipinski definition) is 3. The summed E-state index contributed by atoms with van der Waals surface area (Å²) in [6.45, 7) is 5.87. The molecule has 3 heteroatoms. The van der Waals surface area contributed by atoms with Crippen LogP contribution in [0.4, 0.5) is 5.82 Å². The van der Waals surface area contributed by atoms with Crippen molar-refractivity contribution in [1.29, 1.82) is 0 Å². The van der Waals surface area contributed by atoms with Crippen molar-refractivity contribution in [2.24, 2.45) is 0 Å². The minimum atomic E-state index is -0.276. The van der Waals surface area contributed by atoms with E-state index in [0.29, 0.717) is 0 Å². The lowest BCUT2D eigenvalue weighted by Gasteiger charge is -2.15. The van der Waals surface area contributed by atoms with Gasteiger partial charge >= 0.3 is 0 Å². The molecule has 78 valence electrons. The van der Waals surface area contributed by atoms with Gasteiger partial charge in [-0.15, -0.1) is 0 Å². The van der Waals surface area contributed by atoms with Crippen LogP contribution in [0.5, 0.6) is 0 Å². The van der Waals surface area contributed by atoms with Crippen molar-refractivity contribution in [3.05, 3.63) is 23.9 Å². The average Bonchev–Trinajstić information content (AvgIpc) is 2.01. The first-order valence-electron chi connectivity index (χ1n) is 4.95. The Balaban J connectivity index is 2.51. The molecule has 2 atom stereocenters. The van der Waals surface area contributed by atoms with Gasteiger partial charge in [0.2, 0.25) is 0 Å². The molecular weight excluding hydrogens is 176 g/mol. The lowest BCUT2D eigenvalue weighted by molar-refractivity contribution is 0.179. The molecule has 14 heavy (non-hydrogen) atoms. The van der Waals surface area contributed by atoms with E-state index in [4.69, 9.17) is 0 Å². The van der Waals surface area contributed by atoms with Gasteiger partial charge in [0.1, 0.15) is 5.82 Å². The van der Waals surface area contributed by atoms with Gasteiger partial charge in [-0.25, -0.2) is 4.98 Å². The second-order valence-corrected chi connectivity index (χ2v) is 3.85. The van der Waals surface area contributed by atoms with Crippen molar-refractivity contribution in [3.63, 3.8) is 0 Å². The largest absolute Gasteiger partial charge is 0.393 e. The zero-order valence-electron chi connectivity index (χ0n) is 8.99. The molecule has 0 spiro atoms. The van der Waals surface area contributed by atoms with Crippen molar-refractivity contribution < 1.29 is 5.11 Å². The van der Waals surface area contributed by atoms with Gasteiger partial charge in [0.25, 0.3) is 0 Å². The van der Waals surface area contributed by atoms with E-state index >= 15 is 0 Å². The van der Waals surface area contributed by atoms with Crippen molar-refractivity contribution in [2.45, 2.75) is 39.3 Å². The molecule has 0 aliphatic rings. The molecular formula is C11H18N2O. The summed E-state index contributed by atoms with van der Waals surface area (Å²) in [5, 5.41) is 12.4. The molecule has 1 heterocycles. The van der Waals surface area contributed by atoms with E-state index in [2.05, 4.69) is 10.3 Å².